The number of benzene rings is 2. The minimum atomic E-state index is -3.71. The van der Waals surface area contributed by atoms with Gasteiger partial charge in [-0.25, -0.2) is 8.42 Å². The number of aliphatic hydroxyl groups excluding tert-OH is 1. The summed E-state index contributed by atoms with van der Waals surface area (Å²) in [5.74, 6) is 0. The van der Waals surface area contributed by atoms with Crippen molar-refractivity contribution in [2.24, 2.45) is 0 Å². The number of aliphatic hydroxyl groups is 1. The molecule has 0 unspecified atom stereocenters. The van der Waals surface area contributed by atoms with Crippen molar-refractivity contribution < 1.29 is 23.6 Å². The summed E-state index contributed by atoms with van der Waals surface area (Å²) in [6.07, 6.45) is 1.60. The van der Waals surface area contributed by atoms with Crippen molar-refractivity contribution in [1.29, 1.82) is 0 Å². The number of unbranched alkanes of at least 4 members (excludes halogenated alkanes) is 1. The lowest BCUT2D eigenvalue weighted by atomic mass is 9.81. The number of hydrogen-bond acceptors (Lipinski definition) is 5. The number of rotatable bonds is 9. The summed E-state index contributed by atoms with van der Waals surface area (Å²) in [4.78, 5) is 0.116. The Labute approximate surface area is 154 Å². The maximum Gasteiger partial charge on any atom is 0.488 e. The minimum absolute atomic E-state index is 0.0544. The molecule has 0 amide bonds. The predicted octanol–water partition coefficient (Wildman–Crippen LogP) is 0.850. The van der Waals surface area contributed by atoms with Crippen molar-refractivity contribution in [2.75, 3.05) is 6.54 Å². The van der Waals surface area contributed by atoms with Gasteiger partial charge in [0, 0.05) is 13.1 Å². The topological polar surface area (TPSA) is 98.1 Å². The van der Waals surface area contributed by atoms with Crippen molar-refractivity contribution in [2.45, 2.75) is 37.8 Å². The van der Waals surface area contributed by atoms with E-state index in [1.54, 1.807) is 12.1 Å². The lowest BCUT2D eigenvalue weighted by Crippen LogP contribution is -2.33. The van der Waals surface area contributed by atoms with Gasteiger partial charge in [0.1, 0.15) is 0 Å². The molecular formula is C18H24BNO5S. The van der Waals surface area contributed by atoms with Gasteiger partial charge in [0.15, 0.2) is 0 Å². The first-order chi connectivity index (χ1) is 12.4. The van der Waals surface area contributed by atoms with Gasteiger partial charge >= 0.3 is 7.12 Å². The summed E-state index contributed by atoms with van der Waals surface area (Å²) in [7, 11) is -5.34. The van der Waals surface area contributed by atoms with Crippen molar-refractivity contribution >= 4 is 22.6 Å². The number of nitrogens with zero attached hydrogens (tertiary/aromatic N) is 1. The van der Waals surface area contributed by atoms with Gasteiger partial charge < -0.3 is 15.2 Å². The van der Waals surface area contributed by atoms with Crippen LogP contribution >= 0.6 is 0 Å². The Bertz CT molecular complexity index is 791. The van der Waals surface area contributed by atoms with Crippen LogP contribution in [0, 0.1) is 0 Å². The molecule has 0 atom stereocenters. The van der Waals surface area contributed by atoms with Crippen LogP contribution in [0.4, 0.5) is 0 Å². The van der Waals surface area contributed by atoms with Crippen LogP contribution in [-0.4, -0.2) is 41.5 Å². The highest BCUT2D eigenvalue weighted by atomic mass is 32.2. The fourth-order valence-corrected chi connectivity index (χ4v) is 4.00. The molecule has 0 saturated heterocycles. The average Bonchev–Trinajstić information content (AvgIpc) is 2.65. The second-order valence-electron chi connectivity index (χ2n) is 6.11. The first-order valence-corrected chi connectivity index (χ1v) is 9.97. The zero-order valence-electron chi connectivity index (χ0n) is 14.7. The molecule has 0 saturated carbocycles. The molecule has 0 radical (unpaired) electrons. The smallest absolute Gasteiger partial charge is 0.423 e. The van der Waals surface area contributed by atoms with Crippen molar-refractivity contribution in [3.63, 3.8) is 0 Å². The lowest BCUT2D eigenvalue weighted by Gasteiger charge is -2.22. The van der Waals surface area contributed by atoms with Crippen LogP contribution in [0.15, 0.2) is 53.4 Å². The molecule has 0 aromatic heterocycles. The van der Waals surface area contributed by atoms with Crippen LogP contribution < -0.4 is 5.46 Å². The fourth-order valence-electron chi connectivity index (χ4n) is 2.53. The summed E-state index contributed by atoms with van der Waals surface area (Å²) in [5.41, 5.74) is 1.85. The van der Waals surface area contributed by atoms with Crippen molar-refractivity contribution in [3.8, 4) is 0 Å². The standard InChI is InChI=1S/C18H24BNO5S/c1-2-3-12-20(13-15-4-6-16(14-21)7-5-15)26(24,25)18-10-8-17(9-11-18)19(22)23/h4-11,21-23H,2-3,12-14H2,1H3. The monoisotopic (exact) mass is 377 g/mol. The Balaban J connectivity index is 2.27. The first kappa shape index (κ1) is 20.6. The van der Waals surface area contributed by atoms with Gasteiger partial charge in [-0.1, -0.05) is 49.7 Å². The Morgan fingerprint density at radius 2 is 1.54 bits per heavy atom. The highest BCUT2D eigenvalue weighted by Crippen LogP contribution is 2.19. The van der Waals surface area contributed by atoms with Crippen molar-refractivity contribution in [1.82, 2.24) is 4.31 Å². The summed E-state index contributed by atoms with van der Waals surface area (Å²) >= 11 is 0. The van der Waals surface area contributed by atoms with Gasteiger partial charge in [0.05, 0.1) is 11.5 Å². The lowest BCUT2D eigenvalue weighted by molar-refractivity contribution is 0.282. The fraction of sp³-hybridized carbons (Fsp3) is 0.333. The third kappa shape index (κ3) is 5.15. The van der Waals surface area contributed by atoms with Gasteiger partial charge in [-0.2, -0.15) is 4.31 Å². The van der Waals surface area contributed by atoms with Crippen LogP contribution in [0.1, 0.15) is 30.9 Å². The number of sulfonamides is 1. The maximum atomic E-state index is 13.0. The van der Waals surface area contributed by atoms with Crippen molar-refractivity contribution in [3.05, 3.63) is 59.7 Å². The summed E-state index contributed by atoms with van der Waals surface area (Å²) in [6, 6.07) is 12.7. The molecule has 3 N–H and O–H groups in total. The molecule has 0 heterocycles. The molecule has 0 spiro atoms. The number of hydrogen-bond donors (Lipinski definition) is 3. The molecule has 2 aromatic carbocycles. The SMILES string of the molecule is CCCCN(Cc1ccc(CO)cc1)S(=O)(=O)c1ccc(B(O)O)cc1. The van der Waals surface area contributed by atoms with E-state index in [0.717, 1.165) is 24.0 Å². The second-order valence-corrected chi connectivity index (χ2v) is 8.05. The van der Waals surface area contributed by atoms with E-state index in [1.807, 2.05) is 19.1 Å². The van der Waals surface area contributed by atoms with E-state index in [1.165, 1.54) is 28.6 Å². The normalized spacial score (nSPS) is 11.7. The van der Waals surface area contributed by atoms with Gasteiger partial charge in [0.2, 0.25) is 10.0 Å². The first-order valence-electron chi connectivity index (χ1n) is 8.53. The maximum absolute atomic E-state index is 13.0. The molecule has 26 heavy (non-hydrogen) atoms. The third-order valence-corrected chi connectivity index (χ3v) is 6.00. The Morgan fingerprint density at radius 3 is 2.04 bits per heavy atom. The summed E-state index contributed by atoms with van der Waals surface area (Å²) in [5, 5.41) is 27.4. The van der Waals surface area contributed by atoms with Crippen LogP contribution in [-0.2, 0) is 23.2 Å². The Hall–Kier alpha value is -1.71. The van der Waals surface area contributed by atoms with E-state index in [-0.39, 0.29) is 23.5 Å². The zero-order valence-corrected chi connectivity index (χ0v) is 15.6. The van der Waals surface area contributed by atoms with Gasteiger partial charge in [-0.15, -0.1) is 0 Å². The van der Waals surface area contributed by atoms with Gasteiger partial charge in [0.25, 0.3) is 0 Å². The van der Waals surface area contributed by atoms with Crippen LogP contribution in [0.25, 0.3) is 0 Å². The summed E-state index contributed by atoms with van der Waals surface area (Å²) < 4.78 is 27.4. The zero-order chi connectivity index (χ0) is 19.2. The van der Waals surface area contributed by atoms with Crippen LogP contribution in [0.2, 0.25) is 0 Å². The molecule has 0 fully saturated rings. The molecule has 140 valence electrons. The Morgan fingerprint density at radius 1 is 0.962 bits per heavy atom. The van der Waals surface area contributed by atoms with E-state index >= 15 is 0 Å². The highest BCUT2D eigenvalue weighted by molar-refractivity contribution is 7.89. The summed E-state index contributed by atoms with van der Waals surface area (Å²) in [6.45, 7) is 2.57. The Kier molecular flexibility index (Phi) is 7.37. The molecule has 2 aromatic rings. The van der Waals surface area contributed by atoms with E-state index < -0.39 is 17.1 Å². The molecular weight excluding hydrogens is 353 g/mol. The van der Waals surface area contributed by atoms with E-state index in [2.05, 4.69) is 0 Å². The molecule has 0 aliphatic heterocycles. The molecule has 0 aliphatic carbocycles. The van der Waals surface area contributed by atoms with Crippen LogP contribution in [0.5, 0.6) is 0 Å². The van der Waals surface area contributed by atoms with Gasteiger partial charge in [-0.05, 0) is 35.1 Å². The van der Waals surface area contributed by atoms with E-state index in [9.17, 15) is 8.42 Å². The third-order valence-electron chi connectivity index (χ3n) is 4.14. The molecule has 0 bridgehead atoms. The molecule has 8 heteroatoms. The molecule has 2 rings (SSSR count). The average molecular weight is 377 g/mol. The quantitative estimate of drug-likeness (QED) is 0.563. The predicted molar refractivity (Wildman–Crippen MR) is 101 cm³/mol. The van der Waals surface area contributed by atoms with E-state index in [4.69, 9.17) is 15.2 Å². The molecule has 6 nitrogen and oxygen atoms in total. The highest BCUT2D eigenvalue weighted by Gasteiger charge is 2.25. The van der Waals surface area contributed by atoms with Gasteiger partial charge in [-0.3, -0.25) is 0 Å². The van der Waals surface area contributed by atoms with Crippen LogP contribution in [0.3, 0.4) is 0 Å². The van der Waals surface area contributed by atoms with E-state index in [0.29, 0.717) is 6.54 Å². The minimum Gasteiger partial charge on any atom is -0.423 e. The second kappa shape index (κ2) is 9.29. The molecule has 0 aliphatic rings. The largest absolute Gasteiger partial charge is 0.488 e.